The molecule has 2 bridgehead atoms. The number of benzene rings is 5. The number of fused-ring (bicyclic) bond motifs is 6. The van der Waals surface area contributed by atoms with E-state index in [4.69, 9.17) is 42.6 Å². The monoisotopic (exact) mass is 1290 g/mol. The Kier molecular flexibility index (Phi) is 21.1. The van der Waals surface area contributed by atoms with Crippen LogP contribution in [0.2, 0.25) is 0 Å². The fourth-order valence-corrected chi connectivity index (χ4v) is 14.9. The molecule has 94 heavy (non-hydrogen) atoms. The predicted octanol–water partition coefficient (Wildman–Crippen LogP) is 8.12. The average Bonchev–Trinajstić information content (AvgIpc) is 0.757. The zero-order chi connectivity index (χ0) is 68.1. The lowest BCUT2D eigenvalue weighted by molar-refractivity contribution is -0.346. The number of ketones is 1. The summed E-state index contributed by atoms with van der Waals surface area (Å²) in [6, 6.07) is 35.6. The maximum Gasteiger partial charge on any atom is 0.338 e. The van der Waals surface area contributed by atoms with Crippen molar-refractivity contribution in [3.8, 4) is 29.1 Å². The average molecular weight is 1290 g/mol. The van der Waals surface area contributed by atoms with Crippen molar-refractivity contribution in [2.45, 2.75) is 146 Å². The third kappa shape index (κ3) is 13.1. The zero-order valence-electron chi connectivity index (χ0n) is 55.1. The van der Waals surface area contributed by atoms with Crippen LogP contribution in [-0.4, -0.2) is 159 Å². The quantitative estimate of drug-likeness (QED) is 0.0306. The number of aliphatic hydroxyl groups excluding tert-OH is 2. The molecule has 0 aromatic heterocycles. The number of carbonyl (C=O) groups is 6. The Hall–Kier alpha value is -8.65. The maximum atomic E-state index is 15.5. The summed E-state index contributed by atoms with van der Waals surface area (Å²) < 4.78 is 52.0. The predicted molar refractivity (Wildman–Crippen MR) is 343 cm³/mol. The molecule has 3 fully saturated rings. The highest BCUT2D eigenvalue weighted by atomic mass is 16.6. The molecular weight excluding hydrogens is 1210 g/mol. The molecule has 5 aliphatic rings. The van der Waals surface area contributed by atoms with Gasteiger partial charge in [-0.2, -0.15) is 5.26 Å². The van der Waals surface area contributed by atoms with Gasteiger partial charge in [0.05, 0.1) is 75.6 Å². The molecular formula is C73H85N3O18. The van der Waals surface area contributed by atoms with Crippen LogP contribution in [0.4, 0.5) is 0 Å². The third-order valence-electron chi connectivity index (χ3n) is 20.0. The van der Waals surface area contributed by atoms with Crippen molar-refractivity contribution in [2.24, 2.45) is 16.7 Å². The number of carbonyl (C=O) groups excluding carboxylic acids is 6. The van der Waals surface area contributed by atoms with Crippen LogP contribution < -0.4 is 24.3 Å². The summed E-state index contributed by atoms with van der Waals surface area (Å²) >= 11 is 0. The number of hydrogen-bond acceptors (Lipinski definition) is 20. The van der Waals surface area contributed by atoms with E-state index < -0.39 is 118 Å². The van der Waals surface area contributed by atoms with E-state index in [1.807, 2.05) is 24.3 Å². The SMILES string of the molecule is CC(=O)O[C@H]1C(=O)[C@@]2(C)[C@H]([C@H](OC(=O)c3ccccc3)[C@]3(O)C[C@H](OC(=O)[C@H](O)[C@@H](NC(=O)c4ccccc4)c4ccccc4)C(C)=C1C3(C)C)[C@]1(OC(C)=O)CO[C@@H]1C[C@@H]2O.COc1ccc(CCN(C)CCCC2(C#N)CCc3c2ccc(OC)c3OC)cc1OC. The number of nitrogens with zero attached hydrogens (tertiary/aromatic N) is 2. The van der Waals surface area contributed by atoms with E-state index in [1.165, 1.54) is 31.5 Å². The van der Waals surface area contributed by atoms with E-state index in [0.717, 1.165) is 93.2 Å². The number of nitriles is 1. The fraction of sp³-hybridized carbons (Fsp3) is 0.466. The Balaban J connectivity index is 0.000000273. The molecule has 0 spiro atoms. The third-order valence-corrected chi connectivity index (χ3v) is 20.0. The standard InChI is InChI=1S/C47H51NO14.C26H34N2O4/c1-25-31(60-43(56)36(52)35(28-16-10-7-11-17-28)48-41(54)29-18-12-8-13-19-29)23-47(57)40(61-42(55)30-20-14-9-15-21-30)38-45(6,32(51)22-33-46(38,24-58-33)62-27(3)50)39(53)37(59-26(2)49)34(25)44(47,4)5;1-28(16-12-19-7-9-22(29-2)24(17-19)31-4)15-6-13-26(18-27)14-11-20-21(26)8-10-23(30-3)25(20)32-5/h7-21,31-33,35-38,40,51-52,57H,22-24H2,1-6H3,(H,48,54);7-10,17H,6,11-16H2,1-5H3/t31-,32-,33+,35-,36+,37+,38-,40-,45+,46-,47+;/m0./s1. The Morgan fingerprint density at radius 3 is 2.00 bits per heavy atom. The highest BCUT2D eigenvalue weighted by Gasteiger charge is 2.78. The molecule has 21 heteroatoms. The van der Waals surface area contributed by atoms with Gasteiger partial charge in [-0.25, -0.2) is 9.59 Å². The van der Waals surface area contributed by atoms with Crippen LogP contribution >= 0.6 is 0 Å². The van der Waals surface area contributed by atoms with Crippen molar-refractivity contribution in [3.63, 3.8) is 0 Å². The summed E-state index contributed by atoms with van der Waals surface area (Å²) in [5, 5.41) is 50.3. The van der Waals surface area contributed by atoms with Crippen molar-refractivity contribution in [1.29, 1.82) is 5.26 Å². The van der Waals surface area contributed by atoms with Gasteiger partial charge in [-0.15, -0.1) is 0 Å². The maximum absolute atomic E-state index is 15.5. The molecule has 1 saturated heterocycles. The summed E-state index contributed by atoms with van der Waals surface area (Å²) in [7, 11) is 8.75. The lowest BCUT2D eigenvalue weighted by Gasteiger charge is -2.67. The molecule has 500 valence electrons. The second-order valence-corrected chi connectivity index (χ2v) is 25.7. The number of ether oxygens (including phenoxy) is 9. The molecule has 21 nitrogen and oxygen atoms in total. The van der Waals surface area contributed by atoms with Gasteiger partial charge in [0.25, 0.3) is 5.91 Å². The molecule has 4 aliphatic carbocycles. The van der Waals surface area contributed by atoms with Crippen molar-refractivity contribution < 1.29 is 86.7 Å². The molecule has 2 saturated carbocycles. The van der Waals surface area contributed by atoms with Gasteiger partial charge in [0.2, 0.25) is 0 Å². The Morgan fingerprint density at radius 2 is 1.41 bits per heavy atom. The number of methoxy groups -OCH3 is 4. The first kappa shape index (κ1) is 69.7. The molecule has 5 aromatic carbocycles. The van der Waals surface area contributed by atoms with Gasteiger partial charge >= 0.3 is 23.9 Å². The fourth-order valence-electron chi connectivity index (χ4n) is 14.9. The van der Waals surface area contributed by atoms with Crippen LogP contribution in [0, 0.1) is 28.1 Å². The van der Waals surface area contributed by atoms with Crippen molar-refractivity contribution >= 4 is 35.6 Å². The number of amides is 1. The van der Waals surface area contributed by atoms with E-state index in [1.54, 1.807) is 121 Å². The first-order chi connectivity index (χ1) is 44.8. The van der Waals surface area contributed by atoms with Crippen LogP contribution in [0.5, 0.6) is 23.0 Å². The molecule has 0 radical (unpaired) electrons. The second kappa shape index (κ2) is 28.5. The van der Waals surface area contributed by atoms with Gasteiger partial charge < -0.3 is 68.2 Å². The molecule has 4 N–H and O–H groups in total. The van der Waals surface area contributed by atoms with E-state index in [9.17, 15) is 44.6 Å². The van der Waals surface area contributed by atoms with Gasteiger partial charge in [-0.05, 0) is 130 Å². The minimum Gasteiger partial charge on any atom is -0.493 e. The minimum atomic E-state index is -2.39. The van der Waals surface area contributed by atoms with Gasteiger partial charge in [-0.1, -0.05) is 92.7 Å². The summed E-state index contributed by atoms with van der Waals surface area (Å²) in [6.07, 6.45) is -6.10. The molecule has 10 rings (SSSR count). The summed E-state index contributed by atoms with van der Waals surface area (Å²) in [6.45, 7) is 9.86. The molecule has 1 heterocycles. The van der Waals surface area contributed by atoms with Crippen LogP contribution in [0.3, 0.4) is 0 Å². The lowest BCUT2D eigenvalue weighted by atomic mass is 9.44. The second-order valence-electron chi connectivity index (χ2n) is 25.7. The van der Waals surface area contributed by atoms with Crippen molar-refractivity contribution in [1.82, 2.24) is 10.2 Å². The van der Waals surface area contributed by atoms with E-state index >= 15 is 4.79 Å². The Morgan fingerprint density at radius 1 is 0.787 bits per heavy atom. The Bertz CT molecular complexity index is 3690. The van der Waals surface area contributed by atoms with E-state index in [2.05, 4.69) is 29.4 Å². The van der Waals surface area contributed by atoms with Crippen LogP contribution in [0.25, 0.3) is 0 Å². The largest absolute Gasteiger partial charge is 0.493 e. The normalized spacial score (nSPS) is 26.8. The zero-order valence-corrected chi connectivity index (χ0v) is 55.1. The van der Waals surface area contributed by atoms with Crippen LogP contribution in [-0.2, 0) is 61.1 Å². The highest BCUT2D eigenvalue weighted by molar-refractivity contribution is 5.96. The molecule has 1 unspecified atom stereocenters. The minimum absolute atomic E-state index is 0.00289. The van der Waals surface area contributed by atoms with E-state index in [-0.39, 0.29) is 35.3 Å². The number of hydrogen-bond donors (Lipinski definition) is 4. The summed E-state index contributed by atoms with van der Waals surface area (Å²) in [4.78, 5) is 85.8. The molecule has 1 amide bonds. The molecule has 1 aliphatic heterocycles. The number of likely N-dealkylation sites (N-methyl/N-ethyl adjacent to an activating group) is 1. The highest BCUT2D eigenvalue weighted by Crippen LogP contribution is 2.65. The summed E-state index contributed by atoms with van der Waals surface area (Å²) in [5.41, 5.74) is -4.03. The summed E-state index contributed by atoms with van der Waals surface area (Å²) in [5.74, 6) is -3.83. The number of Topliss-reactive ketones (excluding diaryl/α,β-unsaturated/α-hetero) is 1. The number of esters is 4. The van der Waals surface area contributed by atoms with Gasteiger partial charge in [0.1, 0.15) is 23.9 Å². The lowest BCUT2D eigenvalue weighted by Crippen LogP contribution is -2.82. The topological polar surface area (TPSA) is 285 Å². The number of aliphatic hydroxyl groups is 3. The van der Waals surface area contributed by atoms with Gasteiger partial charge in [0.15, 0.2) is 46.6 Å². The first-order valence-electron chi connectivity index (χ1n) is 31.5. The van der Waals surface area contributed by atoms with Crippen LogP contribution in [0.1, 0.15) is 123 Å². The van der Waals surface area contributed by atoms with Gasteiger partial charge in [0, 0.05) is 49.8 Å². The smallest absolute Gasteiger partial charge is 0.338 e. The number of rotatable bonds is 21. The Labute approximate surface area is 548 Å². The van der Waals surface area contributed by atoms with Crippen molar-refractivity contribution in [2.75, 3.05) is 55.2 Å². The first-order valence-corrected chi connectivity index (χ1v) is 31.5. The van der Waals surface area contributed by atoms with Gasteiger partial charge in [-0.3, -0.25) is 19.2 Å². The van der Waals surface area contributed by atoms with E-state index in [0.29, 0.717) is 5.56 Å². The molecule has 12 atom stereocenters. The van der Waals surface area contributed by atoms with Crippen LogP contribution in [0.15, 0.2) is 132 Å². The molecule has 5 aromatic rings. The van der Waals surface area contributed by atoms with Crippen molar-refractivity contribution in [3.05, 3.63) is 166 Å². The number of nitrogens with one attached hydrogen (secondary N) is 1.